The molecule has 0 aliphatic heterocycles. The van der Waals surface area contributed by atoms with Gasteiger partial charge >= 0.3 is 0 Å². The summed E-state index contributed by atoms with van der Waals surface area (Å²) < 4.78 is 12.6. The van der Waals surface area contributed by atoms with Crippen molar-refractivity contribution in [2.24, 2.45) is 0 Å². The molecule has 0 heterocycles. The molecule has 0 aromatic heterocycles. The van der Waals surface area contributed by atoms with E-state index in [-0.39, 0.29) is 0 Å². The van der Waals surface area contributed by atoms with Gasteiger partial charge in [-0.2, -0.15) is 0 Å². The maximum Gasteiger partial charge on any atom is 0.162 e. The quantitative estimate of drug-likeness (QED) is 0.448. The fraction of sp³-hybridized carbons (Fsp3) is 0.250. The maximum absolute atomic E-state index is 6.04. The molecule has 0 fully saturated rings. The Labute approximate surface area is 175 Å². The first-order chi connectivity index (χ1) is 13.7. The summed E-state index contributed by atoms with van der Waals surface area (Å²) in [5.41, 5.74) is 3.62. The fourth-order valence-electron chi connectivity index (χ4n) is 3.06. The summed E-state index contributed by atoms with van der Waals surface area (Å²) in [6.45, 7) is 3.58. The molecular formula is C24H26BrNO2. The summed E-state index contributed by atoms with van der Waals surface area (Å²) >= 11 is 3.67. The van der Waals surface area contributed by atoms with Gasteiger partial charge in [0.1, 0.15) is 6.61 Å². The van der Waals surface area contributed by atoms with E-state index in [1.807, 2.05) is 30.3 Å². The minimum absolute atomic E-state index is 0.312. The maximum atomic E-state index is 6.04. The van der Waals surface area contributed by atoms with Crippen LogP contribution < -0.4 is 14.8 Å². The monoisotopic (exact) mass is 439 g/mol. The zero-order chi connectivity index (χ0) is 19.8. The van der Waals surface area contributed by atoms with E-state index in [0.29, 0.717) is 12.6 Å². The topological polar surface area (TPSA) is 30.5 Å². The van der Waals surface area contributed by atoms with Gasteiger partial charge in [0.2, 0.25) is 0 Å². The molecule has 3 rings (SSSR count). The van der Waals surface area contributed by atoms with Crippen LogP contribution in [0.25, 0.3) is 0 Å². The third-order valence-electron chi connectivity index (χ3n) is 4.71. The van der Waals surface area contributed by atoms with E-state index < -0.39 is 0 Å². The van der Waals surface area contributed by atoms with Crippen LogP contribution in [-0.4, -0.2) is 13.7 Å². The van der Waals surface area contributed by atoms with E-state index in [0.717, 1.165) is 34.5 Å². The van der Waals surface area contributed by atoms with Crippen molar-refractivity contribution in [3.8, 4) is 11.5 Å². The smallest absolute Gasteiger partial charge is 0.162 e. The van der Waals surface area contributed by atoms with Crippen molar-refractivity contribution in [3.63, 3.8) is 0 Å². The van der Waals surface area contributed by atoms with E-state index in [2.05, 4.69) is 70.6 Å². The zero-order valence-electron chi connectivity index (χ0n) is 16.3. The predicted molar refractivity (Wildman–Crippen MR) is 118 cm³/mol. The van der Waals surface area contributed by atoms with Crippen LogP contribution in [0.2, 0.25) is 0 Å². The van der Waals surface area contributed by atoms with Gasteiger partial charge in [-0.3, -0.25) is 0 Å². The Hall–Kier alpha value is -2.30. The Bertz CT molecular complexity index is 869. The molecule has 0 spiro atoms. The summed E-state index contributed by atoms with van der Waals surface area (Å²) in [5.74, 6) is 1.50. The van der Waals surface area contributed by atoms with Crippen molar-refractivity contribution in [3.05, 3.63) is 94.0 Å². The highest BCUT2D eigenvalue weighted by atomic mass is 79.9. The van der Waals surface area contributed by atoms with Crippen LogP contribution in [0.15, 0.2) is 77.3 Å². The summed E-state index contributed by atoms with van der Waals surface area (Å²) in [5, 5.41) is 3.59. The zero-order valence-corrected chi connectivity index (χ0v) is 17.9. The van der Waals surface area contributed by atoms with Crippen molar-refractivity contribution in [2.45, 2.75) is 26.0 Å². The van der Waals surface area contributed by atoms with Crippen molar-refractivity contribution in [1.82, 2.24) is 5.32 Å². The molecule has 0 aliphatic carbocycles. The second-order valence-corrected chi connectivity index (χ2v) is 7.56. The molecule has 4 heteroatoms. The third-order valence-corrected chi connectivity index (χ3v) is 5.45. The molecule has 0 radical (unpaired) electrons. The number of hydrogen-bond donors (Lipinski definition) is 1. The van der Waals surface area contributed by atoms with Crippen LogP contribution in [0.3, 0.4) is 0 Å². The lowest BCUT2D eigenvalue weighted by Gasteiger charge is -2.16. The molecule has 3 aromatic rings. The van der Waals surface area contributed by atoms with Crippen LogP contribution in [0.1, 0.15) is 29.7 Å². The number of benzene rings is 3. The minimum Gasteiger partial charge on any atom is -0.493 e. The molecule has 3 aromatic carbocycles. The highest BCUT2D eigenvalue weighted by Crippen LogP contribution is 2.34. The van der Waals surface area contributed by atoms with Gasteiger partial charge in [-0.15, -0.1) is 0 Å². The SMILES string of the molecule is COc1cc(Br)c(CCN[C@@H](C)c2ccccc2)cc1OCc1ccccc1. The average Bonchev–Trinajstić information content (AvgIpc) is 2.74. The Kier molecular flexibility index (Phi) is 7.52. The number of nitrogens with one attached hydrogen (secondary N) is 1. The highest BCUT2D eigenvalue weighted by molar-refractivity contribution is 9.10. The van der Waals surface area contributed by atoms with Gasteiger partial charge in [0.15, 0.2) is 11.5 Å². The first-order valence-electron chi connectivity index (χ1n) is 9.49. The molecule has 1 N–H and O–H groups in total. The molecule has 1 atom stereocenters. The molecule has 3 nitrogen and oxygen atoms in total. The van der Waals surface area contributed by atoms with Crippen LogP contribution in [-0.2, 0) is 13.0 Å². The summed E-state index contributed by atoms with van der Waals surface area (Å²) in [7, 11) is 1.67. The number of ether oxygens (including phenoxy) is 2. The average molecular weight is 440 g/mol. The molecule has 146 valence electrons. The second-order valence-electron chi connectivity index (χ2n) is 6.71. The van der Waals surface area contributed by atoms with Gasteiger partial charge in [0, 0.05) is 10.5 Å². The number of rotatable bonds is 9. The van der Waals surface area contributed by atoms with E-state index in [4.69, 9.17) is 9.47 Å². The summed E-state index contributed by atoms with van der Waals surface area (Å²) in [6, 6.07) is 25.0. The molecule has 0 unspecified atom stereocenters. The lowest BCUT2D eigenvalue weighted by Crippen LogP contribution is -2.21. The van der Waals surface area contributed by atoms with Crippen molar-refractivity contribution < 1.29 is 9.47 Å². The highest BCUT2D eigenvalue weighted by Gasteiger charge is 2.11. The largest absolute Gasteiger partial charge is 0.493 e. The molecule has 0 bridgehead atoms. The predicted octanol–water partition coefficient (Wildman–Crippen LogP) is 5.93. The van der Waals surface area contributed by atoms with Crippen LogP contribution >= 0.6 is 15.9 Å². The molecule has 28 heavy (non-hydrogen) atoms. The fourth-order valence-corrected chi connectivity index (χ4v) is 3.58. The standard InChI is InChI=1S/C24H26BrNO2/c1-18(20-11-7-4-8-12-20)26-14-13-21-15-24(23(27-2)16-22(21)25)28-17-19-9-5-3-6-10-19/h3-12,15-16,18,26H,13-14,17H2,1-2H3/t18-/m0/s1. The Balaban J connectivity index is 1.63. The van der Waals surface area contributed by atoms with E-state index >= 15 is 0 Å². The third kappa shape index (κ3) is 5.60. The van der Waals surface area contributed by atoms with Crippen LogP contribution in [0, 0.1) is 0 Å². The van der Waals surface area contributed by atoms with Gasteiger partial charge in [-0.25, -0.2) is 0 Å². The lowest BCUT2D eigenvalue weighted by molar-refractivity contribution is 0.284. The molecule has 0 saturated carbocycles. The Morgan fingerprint density at radius 2 is 1.61 bits per heavy atom. The first kappa shape index (κ1) is 20.4. The number of methoxy groups -OCH3 is 1. The van der Waals surface area contributed by atoms with Crippen LogP contribution in [0.5, 0.6) is 11.5 Å². The lowest BCUT2D eigenvalue weighted by atomic mass is 10.1. The molecule has 0 amide bonds. The van der Waals surface area contributed by atoms with E-state index in [1.165, 1.54) is 11.1 Å². The molecule has 0 aliphatic rings. The summed E-state index contributed by atoms with van der Waals surface area (Å²) in [4.78, 5) is 0. The Morgan fingerprint density at radius 1 is 0.929 bits per heavy atom. The van der Waals surface area contributed by atoms with Crippen LogP contribution in [0.4, 0.5) is 0 Å². The van der Waals surface area contributed by atoms with Gasteiger partial charge in [-0.1, -0.05) is 76.6 Å². The number of hydrogen-bond acceptors (Lipinski definition) is 3. The minimum atomic E-state index is 0.312. The summed E-state index contributed by atoms with van der Waals surface area (Å²) in [6.07, 6.45) is 0.892. The van der Waals surface area contributed by atoms with Gasteiger partial charge in [-0.05, 0) is 48.7 Å². The van der Waals surface area contributed by atoms with Gasteiger partial charge < -0.3 is 14.8 Å². The van der Waals surface area contributed by atoms with Crippen molar-refractivity contribution in [1.29, 1.82) is 0 Å². The van der Waals surface area contributed by atoms with E-state index in [9.17, 15) is 0 Å². The van der Waals surface area contributed by atoms with Gasteiger partial charge in [0.05, 0.1) is 7.11 Å². The number of halogens is 1. The van der Waals surface area contributed by atoms with Crippen molar-refractivity contribution >= 4 is 15.9 Å². The van der Waals surface area contributed by atoms with E-state index in [1.54, 1.807) is 7.11 Å². The van der Waals surface area contributed by atoms with Crippen molar-refractivity contribution in [2.75, 3.05) is 13.7 Å². The molecular weight excluding hydrogens is 414 g/mol. The first-order valence-corrected chi connectivity index (χ1v) is 10.3. The molecule has 0 saturated heterocycles. The Morgan fingerprint density at radius 3 is 2.29 bits per heavy atom. The van der Waals surface area contributed by atoms with Gasteiger partial charge in [0.25, 0.3) is 0 Å². The second kappa shape index (κ2) is 10.3. The normalized spacial score (nSPS) is 11.8.